The van der Waals surface area contributed by atoms with Gasteiger partial charge in [0, 0.05) is 17.1 Å². The lowest BCUT2D eigenvalue weighted by atomic mass is 9.70. The number of hydrogen-bond acceptors (Lipinski definition) is 3. The molecule has 3 rings (SSSR count). The molecule has 0 bridgehead atoms. The van der Waals surface area contributed by atoms with E-state index in [4.69, 9.17) is 9.47 Å². The lowest BCUT2D eigenvalue weighted by Crippen LogP contribution is -2.30. The first-order chi connectivity index (χ1) is 10.7. The molecule has 2 aliphatic rings. The van der Waals surface area contributed by atoms with Gasteiger partial charge in [-0.05, 0) is 43.7 Å². The van der Waals surface area contributed by atoms with Gasteiger partial charge in [-0.3, -0.25) is 0 Å². The smallest absolute Gasteiger partial charge is 0.158 e. The van der Waals surface area contributed by atoms with Crippen LogP contribution in [0.25, 0.3) is 0 Å². The Morgan fingerprint density at radius 2 is 1.91 bits per heavy atom. The number of thioether (sulfide) groups is 1. The fraction of sp³-hybridized carbons (Fsp3) is 0.579. The summed E-state index contributed by atoms with van der Waals surface area (Å²) in [6.07, 6.45) is 4.77. The SMILES string of the molecule is CC1=C(CSc2ccccc2)[C@](C)(CC2OCCO2)CCC1. The highest BCUT2D eigenvalue weighted by atomic mass is 32.2. The third kappa shape index (κ3) is 3.76. The standard InChI is InChI=1S/C19H26O2S/c1-15-7-6-10-19(2,13-18-20-11-12-21-18)17(15)14-22-16-8-4-3-5-9-16/h3-5,8-9,18H,6-7,10-14H2,1-2H3/t19-/m0/s1. The van der Waals surface area contributed by atoms with E-state index in [1.807, 2.05) is 11.8 Å². The van der Waals surface area contributed by atoms with Gasteiger partial charge in [0.15, 0.2) is 6.29 Å². The summed E-state index contributed by atoms with van der Waals surface area (Å²) >= 11 is 1.95. The van der Waals surface area contributed by atoms with Gasteiger partial charge >= 0.3 is 0 Å². The van der Waals surface area contributed by atoms with Crippen molar-refractivity contribution in [1.29, 1.82) is 0 Å². The van der Waals surface area contributed by atoms with E-state index >= 15 is 0 Å². The van der Waals surface area contributed by atoms with Gasteiger partial charge in [0.25, 0.3) is 0 Å². The zero-order valence-electron chi connectivity index (χ0n) is 13.6. The predicted molar refractivity (Wildman–Crippen MR) is 92.1 cm³/mol. The molecule has 1 aromatic carbocycles. The molecule has 1 aliphatic heterocycles. The van der Waals surface area contributed by atoms with Gasteiger partial charge in [-0.2, -0.15) is 0 Å². The number of benzene rings is 1. The second kappa shape index (κ2) is 7.20. The molecule has 0 aromatic heterocycles. The van der Waals surface area contributed by atoms with E-state index in [-0.39, 0.29) is 11.7 Å². The van der Waals surface area contributed by atoms with E-state index < -0.39 is 0 Å². The molecule has 1 aliphatic carbocycles. The van der Waals surface area contributed by atoms with Crippen LogP contribution in [0.4, 0.5) is 0 Å². The Balaban J connectivity index is 1.72. The van der Waals surface area contributed by atoms with Crippen molar-refractivity contribution in [2.24, 2.45) is 5.41 Å². The molecule has 0 N–H and O–H groups in total. The van der Waals surface area contributed by atoms with Crippen molar-refractivity contribution in [2.45, 2.75) is 50.7 Å². The largest absolute Gasteiger partial charge is 0.350 e. The monoisotopic (exact) mass is 318 g/mol. The van der Waals surface area contributed by atoms with Crippen molar-refractivity contribution in [3.63, 3.8) is 0 Å². The van der Waals surface area contributed by atoms with Gasteiger partial charge in [0.1, 0.15) is 0 Å². The van der Waals surface area contributed by atoms with Gasteiger partial charge in [0.05, 0.1) is 13.2 Å². The van der Waals surface area contributed by atoms with E-state index in [0.29, 0.717) is 0 Å². The molecule has 0 saturated carbocycles. The molecule has 0 radical (unpaired) electrons. The molecule has 120 valence electrons. The summed E-state index contributed by atoms with van der Waals surface area (Å²) in [5.74, 6) is 1.08. The van der Waals surface area contributed by atoms with Crippen molar-refractivity contribution in [3.8, 4) is 0 Å². The molecule has 0 amide bonds. The van der Waals surface area contributed by atoms with E-state index in [9.17, 15) is 0 Å². The minimum Gasteiger partial charge on any atom is -0.350 e. The topological polar surface area (TPSA) is 18.5 Å². The van der Waals surface area contributed by atoms with Crippen LogP contribution < -0.4 is 0 Å². The van der Waals surface area contributed by atoms with Gasteiger partial charge < -0.3 is 9.47 Å². The molecule has 0 unspecified atom stereocenters. The quantitative estimate of drug-likeness (QED) is 0.559. The van der Waals surface area contributed by atoms with Crippen LogP contribution in [0.1, 0.15) is 39.5 Å². The molecule has 22 heavy (non-hydrogen) atoms. The lowest BCUT2D eigenvalue weighted by Gasteiger charge is -2.39. The van der Waals surface area contributed by atoms with Gasteiger partial charge in [-0.25, -0.2) is 0 Å². The molecule has 1 fully saturated rings. The van der Waals surface area contributed by atoms with Gasteiger partial charge in [-0.1, -0.05) is 36.3 Å². The van der Waals surface area contributed by atoms with Gasteiger partial charge in [-0.15, -0.1) is 11.8 Å². The van der Waals surface area contributed by atoms with Crippen LogP contribution >= 0.6 is 11.8 Å². The molecule has 2 nitrogen and oxygen atoms in total. The fourth-order valence-electron chi connectivity index (χ4n) is 3.65. The minimum absolute atomic E-state index is 0.00683. The normalized spacial score (nSPS) is 26.6. The number of ether oxygens (including phenoxy) is 2. The van der Waals surface area contributed by atoms with Crippen LogP contribution in [0, 0.1) is 5.41 Å². The molecular formula is C19H26O2S. The van der Waals surface area contributed by atoms with Crippen LogP contribution in [0.3, 0.4) is 0 Å². The fourth-order valence-corrected chi connectivity index (χ4v) is 4.90. The molecule has 1 atom stereocenters. The highest BCUT2D eigenvalue weighted by Gasteiger charge is 2.36. The van der Waals surface area contributed by atoms with Crippen LogP contribution in [-0.4, -0.2) is 25.3 Å². The number of hydrogen-bond donors (Lipinski definition) is 0. The van der Waals surface area contributed by atoms with Crippen LogP contribution in [-0.2, 0) is 9.47 Å². The molecule has 1 saturated heterocycles. The Bertz CT molecular complexity index is 519. The molecule has 1 heterocycles. The molecule has 0 spiro atoms. The predicted octanol–water partition coefficient (Wildman–Crippen LogP) is 5.05. The maximum absolute atomic E-state index is 5.72. The lowest BCUT2D eigenvalue weighted by molar-refractivity contribution is -0.0673. The summed E-state index contributed by atoms with van der Waals surface area (Å²) in [5.41, 5.74) is 3.42. The average molecular weight is 318 g/mol. The Morgan fingerprint density at radius 3 is 2.64 bits per heavy atom. The summed E-state index contributed by atoms with van der Waals surface area (Å²) < 4.78 is 11.4. The van der Waals surface area contributed by atoms with Crippen molar-refractivity contribution < 1.29 is 9.47 Å². The molecule has 3 heteroatoms. The Morgan fingerprint density at radius 1 is 1.18 bits per heavy atom. The highest BCUT2D eigenvalue weighted by Crippen LogP contribution is 2.46. The first-order valence-corrected chi connectivity index (χ1v) is 9.26. The third-order valence-corrected chi connectivity index (χ3v) is 6.00. The van der Waals surface area contributed by atoms with E-state index in [2.05, 4.69) is 44.2 Å². The Labute approximate surface area is 138 Å². The molecular weight excluding hydrogens is 292 g/mol. The first-order valence-electron chi connectivity index (χ1n) is 8.27. The van der Waals surface area contributed by atoms with E-state index in [0.717, 1.165) is 25.4 Å². The van der Waals surface area contributed by atoms with Crippen molar-refractivity contribution in [1.82, 2.24) is 0 Å². The Hall–Kier alpha value is -0.770. The maximum atomic E-state index is 5.72. The average Bonchev–Trinajstić information content (AvgIpc) is 3.00. The first kappa shape index (κ1) is 16.1. The summed E-state index contributed by atoms with van der Waals surface area (Å²) in [6.45, 7) is 6.21. The van der Waals surface area contributed by atoms with Crippen molar-refractivity contribution in [2.75, 3.05) is 19.0 Å². The number of allylic oxidation sites excluding steroid dienone is 1. The van der Waals surface area contributed by atoms with Crippen molar-refractivity contribution in [3.05, 3.63) is 41.5 Å². The van der Waals surface area contributed by atoms with Crippen LogP contribution in [0.15, 0.2) is 46.4 Å². The summed E-state index contributed by atoms with van der Waals surface area (Å²) in [4.78, 5) is 1.35. The molecule has 1 aromatic rings. The highest BCUT2D eigenvalue weighted by molar-refractivity contribution is 7.99. The second-order valence-corrected chi connectivity index (χ2v) is 7.70. The van der Waals surface area contributed by atoms with E-state index in [1.54, 1.807) is 11.1 Å². The van der Waals surface area contributed by atoms with Crippen LogP contribution in [0.5, 0.6) is 0 Å². The maximum Gasteiger partial charge on any atom is 0.158 e. The summed E-state index contributed by atoms with van der Waals surface area (Å²) in [6, 6.07) is 10.7. The Kier molecular flexibility index (Phi) is 5.27. The zero-order chi connectivity index (χ0) is 15.4. The second-order valence-electron chi connectivity index (χ2n) is 6.65. The van der Waals surface area contributed by atoms with Crippen LogP contribution in [0.2, 0.25) is 0 Å². The summed E-state index contributed by atoms with van der Waals surface area (Å²) in [5, 5.41) is 0. The van der Waals surface area contributed by atoms with Crippen molar-refractivity contribution >= 4 is 11.8 Å². The zero-order valence-corrected chi connectivity index (χ0v) is 14.5. The minimum atomic E-state index is -0.00683. The van der Waals surface area contributed by atoms with E-state index in [1.165, 1.54) is 24.2 Å². The number of rotatable bonds is 5. The summed E-state index contributed by atoms with van der Waals surface area (Å²) in [7, 11) is 0. The third-order valence-electron chi connectivity index (χ3n) is 4.96. The van der Waals surface area contributed by atoms with Gasteiger partial charge in [0.2, 0.25) is 0 Å².